The van der Waals surface area contributed by atoms with E-state index in [1.54, 1.807) is 32.3 Å². The summed E-state index contributed by atoms with van der Waals surface area (Å²) in [7, 11) is 3.21. The molecule has 0 saturated carbocycles. The number of hydrogen-bond acceptors (Lipinski definition) is 5. The van der Waals surface area contributed by atoms with Crippen molar-refractivity contribution in [3.05, 3.63) is 45.6 Å². The lowest BCUT2D eigenvalue weighted by Crippen LogP contribution is -2.25. The Bertz CT molecular complexity index is 726. The smallest absolute Gasteiger partial charge is 0.391 e. The third kappa shape index (κ3) is 5.27. The highest BCUT2D eigenvalue weighted by Crippen LogP contribution is 2.27. The molecule has 2 rings (SSSR count). The predicted octanol–water partition coefficient (Wildman–Crippen LogP) is 4.44. The van der Waals surface area contributed by atoms with Crippen LogP contribution in [0.5, 0.6) is 5.88 Å². The normalized spacial score (nSPS) is 10.5. The number of rotatable bonds is 4. The molecule has 1 aromatic carbocycles. The fourth-order valence-electron chi connectivity index (χ4n) is 1.59. The quantitative estimate of drug-likeness (QED) is 0.587. The number of aromatic nitrogens is 2. The molecule has 0 aliphatic carbocycles. The number of carbonyl (C=O) groups is 1. The lowest BCUT2D eigenvalue weighted by atomic mass is 10.2. The number of benzene rings is 1. The first-order valence-corrected chi connectivity index (χ1v) is 8.41. The van der Waals surface area contributed by atoms with Crippen molar-refractivity contribution >= 4 is 41.1 Å². The molecule has 2 aromatic rings. The average molecular weight is 372 g/mol. The summed E-state index contributed by atoms with van der Waals surface area (Å²) in [6.07, 6.45) is -0.483. The van der Waals surface area contributed by atoms with Crippen LogP contribution in [0.15, 0.2) is 29.4 Å². The van der Waals surface area contributed by atoms with E-state index in [1.807, 2.05) is 13.0 Å². The number of carbonyl (C=O) groups excluding carboxylic acids is 1. The molecule has 23 heavy (non-hydrogen) atoms. The van der Waals surface area contributed by atoms with Crippen LogP contribution in [0.2, 0.25) is 10.0 Å². The number of nitrogens with zero attached hydrogens (tertiary/aromatic N) is 3. The van der Waals surface area contributed by atoms with Crippen molar-refractivity contribution in [1.29, 1.82) is 0 Å². The van der Waals surface area contributed by atoms with Crippen LogP contribution in [0.25, 0.3) is 0 Å². The first-order valence-electron chi connectivity index (χ1n) is 6.66. The molecule has 0 bridgehead atoms. The van der Waals surface area contributed by atoms with Crippen LogP contribution in [-0.4, -0.2) is 35.1 Å². The molecule has 1 aromatic heterocycles. The molecular formula is C15H15Cl2N3O2S. The molecule has 1 amide bonds. The van der Waals surface area contributed by atoms with Gasteiger partial charge in [-0.25, -0.2) is 9.78 Å². The summed E-state index contributed by atoms with van der Waals surface area (Å²) in [5, 5.41) is 1.55. The lowest BCUT2D eigenvalue weighted by Gasteiger charge is -2.11. The topological polar surface area (TPSA) is 55.3 Å². The molecule has 0 fully saturated rings. The van der Waals surface area contributed by atoms with Gasteiger partial charge >= 0.3 is 6.09 Å². The van der Waals surface area contributed by atoms with E-state index >= 15 is 0 Å². The second kappa shape index (κ2) is 7.86. The van der Waals surface area contributed by atoms with Crippen LogP contribution in [0, 0.1) is 6.92 Å². The molecule has 0 spiro atoms. The highest BCUT2D eigenvalue weighted by Gasteiger charge is 2.11. The van der Waals surface area contributed by atoms with Gasteiger partial charge in [-0.05, 0) is 24.6 Å². The Hall–Kier alpha value is -1.50. The Kier molecular flexibility index (Phi) is 6.10. The zero-order valence-corrected chi connectivity index (χ0v) is 15.2. The Morgan fingerprint density at radius 1 is 1.22 bits per heavy atom. The van der Waals surface area contributed by atoms with E-state index in [0.29, 0.717) is 21.0 Å². The standard InChI is InChI=1S/C15H15Cl2N3O2S/c1-9-6-13(22-15(21)20(2)3)19-14(18-9)23-8-10-4-5-11(16)12(17)7-10/h4-7H,8H2,1-3H3. The van der Waals surface area contributed by atoms with Gasteiger partial charge in [0.15, 0.2) is 5.16 Å². The maximum absolute atomic E-state index is 11.6. The second-order valence-electron chi connectivity index (χ2n) is 4.93. The van der Waals surface area contributed by atoms with Crippen molar-refractivity contribution in [3.63, 3.8) is 0 Å². The third-order valence-corrected chi connectivity index (χ3v) is 4.38. The number of amides is 1. The van der Waals surface area contributed by atoms with E-state index in [4.69, 9.17) is 27.9 Å². The lowest BCUT2D eigenvalue weighted by molar-refractivity contribution is 0.169. The monoisotopic (exact) mass is 371 g/mol. The van der Waals surface area contributed by atoms with Crippen molar-refractivity contribution in [3.8, 4) is 5.88 Å². The molecule has 0 radical (unpaired) electrons. The van der Waals surface area contributed by atoms with E-state index in [2.05, 4.69) is 9.97 Å². The summed E-state index contributed by atoms with van der Waals surface area (Å²) >= 11 is 13.3. The molecular weight excluding hydrogens is 357 g/mol. The summed E-state index contributed by atoms with van der Waals surface area (Å²) in [6.45, 7) is 1.82. The van der Waals surface area contributed by atoms with Gasteiger partial charge in [-0.3, -0.25) is 0 Å². The van der Waals surface area contributed by atoms with E-state index in [0.717, 1.165) is 11.3 Å². The van der Waals surface area contributed by atoms with Gasteiger partial charge in [0, 0.05) is 31.6 Å². The summed E-state index contributed by atoms with van der Waals surface area (Å²) < 4.78 is 5.17. The van der Waals surface area contributed by atoms with Crippen LogP contribution in [0.4, 0.5) is 4.79 Å². The largest absolute Gasteiger partial charge is 0.416 e. The van der Waals surface area contributed by atoms with Crippen LogP contribution in [0.3, 0.4) is 0 Å². The van der Waals surface area contributed by atoms with Crippen molar-refractivity contribution in [1.82, 2.24) is 14.9 Å². The first-order chi connectivity index (χ1) is 10.8. The predicted molar refractivity (Wildman–Crippen MR) is 92.5 cm³/mol. The first kappa shape index (κ1) is 17.8. The minimum atomic E-state index is -0.483. The van der Waals surface area contributed by atoms with Crippen molar-refractivity contribution in [2.75, 3.05) is 14.1 Å². The zero-order valence-electron chi connectivity index (χ0n) is 12.8. The van der Waals surface area contributed by atoms with E-state index in [-0.39, 0.29) is 5.88 Å². The summed E-state index contributed by atoms with van der Waals surface area (Å²) in [6, 6.07) is 7.06. The fourth-order valence-corrected chi connectivity index (χ4v) is 2.75. The van der Waals surface area contributed by atoms with Crippen molar-refractivity contribution in [2.24, 2.45) is 0 Å². The summed E-state index contributed by atoms with van der Waals surface area (Å²) in [5.74, 6) is 0.856. The number of hydrogen-bond donors (Lipinski definition) is 0. The minimum Gasteiger partial charge on any atom is -0.391 e. The van der Waals surface area contributed by atoms with Gasteiger partial charge < -0.3 is 9.64 Å². The number of ether oxygens (including phenoxy) is 1. The molecule has 122 valence electrons. The van der Waals surface area contributed by atoms with Gasteiger partial charge in [0.25, 0.3) is 0 Å². The maximum atomic E-state index is 11.6. The SMILES string of the molecule is Cc1cc(OC(=O)N(C)C)nc(SCc2ccc(Cl)c(Cl)c2)n1. The third-order valence-electron chi connectivity index (χ3n) is 2.72. The molecule has 0 unspecified atom stereocenters. The van der Waals surface area contributed by atoms with Gasteiger partial charge in [-0.15, -0.1) is 0 Å². The molecule has 0 aliphatic rings. The summed E-state index contributed by atoms with van der Waals surface area (Å²) in [4.78, 5) is 21.5. The molecule has 5 nitrogen and oxygen atoms in total. The van der Waals surface area contributed by atoms with Crippen LogP contribution < -0.4 is 4.74 Å². The fraction of sp³-hybridized carbons (Fsp3) is 0.267. The van der Waals surface area contributed by atoms with Crippen molar-refractivity contribution < 1.29 is 9.53 Å². The Labute approximate surface area is 149 Å². The zero-order chi connectivity index (χ0) is 17.0. The van der Waals surface area contributed by atoms with Gasteiger partial charge in [-0.1, -0.05) is 41.0 Å². The highest BCUT2D eigenvalue weighted by atomic mass is 35.5. The maximum Gasteiger partial charge on any atom is 0.416 e. The minimum absolute atomic E-state index is 0.229. The van der Waals surface area contributed by atoms with Gasteiger partial charge in [0.1, 0.15) is 0 Å². The molecule has 0 saturated heterocycles. The van der Waals surface area contributed by atoms with Crippen molar-refractivity contribution in [2.45, 2.75) is 17.8 Å². The second-order valence-corrected chi connectivity index (χ2v) is 6.69. The Morgan fingerprint density at radius 3 is 2.61 bits per heavy atom. The van der Waals surface area contributed by atoms with E-state index < -0.39 is 6.09 Å². The number of thioether (sulfide) groups is 1. The molecule has 0 N–H and O–H groups in total. The van der Waals surface area contributed by atoms with Crippen LogP contribution in [0.1, 0.15) is 11.3 Å². The van der Waals surface area contributed by atoms with E-state index in [9.17, 15) is 4.79 Å². The number of halogens is 2. The Balaban J connectivity index is 2.09. The molecule has 1 heterocycles. The number of aryl methyl sites for hydroxylation is 1. The Morgan fingerprint density at radius 2 is 1.96 bits per heavy atom. The van der Waals surface area contributed by atoms with Gasteiger partial charge in [0.2, 0.25) is 5.88 Å². The summed E-state index contributed by atoms with van der Waals surface area (Å²) in [5.41, 5.74) is 1.72. The molecule has 8 heteroatoms. The average Bonchev–Trinajstić information content (AvgIpc) is 2.48. The molecule has 0 aliphatic heterocycles. The van der Waals surface area contributed by atoms with E-state index in [1.165, 1.54) is 16.7 Å². The highest BCUT2D eigenvalue weighted by molar-refractivity contribution is 7.98. The van der Waals surface area contributed by atoms with Crippen LogP contribution >= 0.6 is 35.0 Å². The van der Waals surface area contributed by atoms with Gasteiger partial charge in [0.05, 0.1) is 10.0 Å². The molecule has 0 atom stereocenters. The van der Waals surface area contributed by atoms with Crippen LogP contribution in [-0.2, 0) is 5.75 Å². The van der Waals surface area contributed by atoms with Gasteiger partial charge in [-0.2, -0.15) is 4.98 Å².